The van der Waals surface area contributed by atoms with E-state index in [4.69, 9.17) is 4.42 Å². The maximum Gasteiger partial charge on any atom is 0.275 e. The summed E-state index contributed by atoms with van der Waals surface area (Å²) < 4.78 is 9.06. The second-order valence-corrected chi connectivity index (χ2v) is 9.82. The zero-order valence-corrected chi connectivity index (χ0v) is 19.0. The van der Waals surface area contributed by atoms with E-state index >= 15 is 0 Å². The predicted molar refractivity (Wildman–Crippen MR) is 120 cm³/mol. The number of aromatic nitrogens is 6. The number of anilines is 1. The Morgan fingerprint density at radius 3 is 2.90 bits per heavy atom. The van der Waals surface area contributed by atoms with Crippen LogP contribution in [0, 0.1) is 12.8 Å². The van der Waals surface area contributed by atoms with Crippen molar-refractivity contribution in [3.05, 3.63) is 51.3 Å². The number of thioether (sulfide) groups is 1. The maximum atomic E-state index is 12.1. The molecule has 0 amide bonds. The average Bonchev–Trinajstić information content (AvgIpc) is 3.48. The van der Waals surface area contributed by atoms with Gasteiger partial charge in [0.2, 0.25) is 10.9 Å². The summed E-state index contributed by atoms with van der Waals surface area (Å²) in [6, 6.07) is 5.35. The number of nitrogens with zero attached hydrogens (tertiary/aromatic N) is 7. The number of piperidine rings is 1. The number of furan rings is 1. The summed E-state index contributed by atoms with van der Waals surface area (Å²) in [7, 11) is 0. The van der Waals surface area contributed by atoms with Crippen LogP contribution < -0.4 is 10.5 Å². The third-order valence-corrected chi connectivity index (χ3v) is 7.47. The van der Waals surface area contributed by atoms with Crippen molar-refractivity contribution >= 4 is 34.0 Å². The van der Waals surface area contributed by atoms with E-state index in [-0.39, 0.29) is 5.56 Å². The van der Waals surface area contributed by atoms with Crippen LogP contribution in [0.2, 0.25) is 0 Å². The summed E-state index contributed by atoms with van der Waals surface area (Å²) in [5, 5.41) is 15.1. The summed E-state index contributed by atoms with van der Waals surface area (Å²) in [5.74, 6) is 3.06. The number of hydrogen-bond acceptors (Lipinski definition) is 9. The fraction of sp³-hybridized carbons (Fsp3) is 0.450. The summed E-state index contributed by atoms with van der Waals surface area (Å²) >= 11 is 2.98. The molecular weight excluding hydrogens is 434 g/mol. The predicted octanol–water partition coefficient (Wildman–Crippen LogP) is 3.22. The molecule has 0 bridgehead atoms. The lowest BCUT2D eigenvalue weighted by molar-refractivity contribution is 0.427. The topological polar surface area (TPSA) is 94.4 Å². The normalized spacial score (nSPS) is 15.2. The van der Waals surface area contributed by atoms with Crippen molar-refractivity contribution in [2.24, 2.45) is 5.92 Å². The van der Waals surface area contributed by atoms with E-state index < -0.39 is 0 Å². The molecule has 0 N–H and O–H groups in total. The fourth-order valence-electron chi connectivity index (χ4n) is 3.67. The smallest absolute Gasteiger partial charge is 0.275 e. The first-order chi connectivity index (χ1) is 15.1. The standard InChI is InChI=1S/C20H23N7O2S2/c1-13-5-7-25(8-6-13)18-22-23-20(26(18)11-15-4-3-9-29-15)30-12-16-24-27-17(28)10-14(2)21-19(27)31-16/h3-4,9-10,13H,5-8,11-12H2,1-2H3. The second-order valence-electron chi connectivity index (χ2n) is 7.83. The first-order valence-corrected chi connectivity index (χ1v) is 12.1. The molecule has 4 aromatic heterocycles. The summed E-state index contributed by atoms with van der Waals surface area (Å²) in [4.78, 5) is 19.5. The Bertz CT molecular complexity index is 1240. The number of hydrogen-bond donors (Lipinski definition) is 0. The second kappa shape index (κ2) is 8.46. The number of rotatable bonds is 6. The molecule has 4 aromatic rings. The van der Waals surface area contributed by atoms with Crippen LogP contribution in [0.15, 0.2) is 38.8 Å². The Balaban J connectivity index is 1.40. The van der Waals surface area contributed by atoms with Gasteiger partial charge in [-0.1, -0.05) is 30.0 Å². The van der Waals surface area contributed by atoms with E-state index in [1.807, 2.05) is 19.1 Å². The minimum Gasteiger partial charge on any atom is -0.467 e. The molecule has 5 rings (SSSR count). The molecule has 0 saturated carbocycles. The molecule has 5 heterocycles. The van der Waals surface area contributed by atoms with Gasteiger partial charge >= 0.3 is 0 Å². The van der Waals surface area contributed by atoms with Gasteiger partial charge < -0.3 is 9.32 Å². The van der Waals surface area contributed by atoms with Gasteiger partial charge in [-0.3, -0.25) is 9.36 Å². The molecule has 0 aromatic carbocycles. The molecular formula is C20H23N7O2S2. The van der Waals surface area contributed by atoms with E-state index in [1.165, 1.54) is 21.9 Å². The highest BCUT2D eigenvalue weighted by atomic mass is 32.2. The molecule has 0 atom stereocenters. The quantitative estimate of drug-likeness (QED) is 0.407. The van der Waals surface area contributed by atoms with Crippen LogP contribution in [-0.2, 0) is 12.3 Å². The minimum atomic E-state index is -0.155. The van der Waals surface area contributed by atoms with Crippen LogP contribution >= 0.6 is 23.1 Å². The van der Waals surface area contributed by atoms with Gasteiger partial charge in [0.1, 0.15) is 10.8 Å². The molecule has 0 aliphatic carbocycles. The number of fused-ring (bicyclic) bond motifs is 1. The lowest BCUT2D eigenvalue weighted by Crippen LogP contribution is -2.35. The lowest BCUT2D eigenvalue weighted by atomic mass is 10.00. The van der Waals surface area contributed by atoms with Gasteiger partial charge in [0.15, 0.2) is 5.16 Å². The third-order valence-electron chi connectivity index (χ3n) is 5.40. The molecule has 11 heteroatoms. The van der Waals surface area contributed by atoms with Crippen LogP contribution in [0.25, 0.3) is 4.96 Å². The largest absolute Gasteiger partial charge is 0.467 e. The third kappa shape index (κ3) is 4.24. The molecule has 31 heavy (non-hydrogen) atoms. The maximum absolute atomic E-state index is 12.1. The van der Waals surface area contributed by atoms with Gasteiger partial charge in [0.05, 0.1) is 18.6 Å². The van der Waals surface area contributed by atoms with Gasteiger partial charge in [-0.2, -0.15) is 9.61 Å². The Labute approximate surface area is 187 Å². The molecule has 1 saturated heterocycles. The monoisotopic (exact) mass is 457 g/mol. The van der Waals surface area contributed by atoms with E-state index in [0.29, 0.717) is 23.0 Å². The van der Waals surface area contributed by atoms with Gasteiger partial charge in [-0.25, -0.2) is 4.98 Å². The molecule has 1 aliphatic rings. The number of aryl methyl sites for hydroxylation is 1. The highest BCUT2D eigenvalue weighted by molar-refractivity contribution is 7.98. The van der Waals surface area contributed by atoms with Crippen molar-refractivity contribution in [1.82, 2.24) is 29.4 Å². The molecule has 162 valence electrons. The molecule has 0 unspecified atom stereocenters. The average molecular weight is 458 g/mol. The lowest BCUT2D eigenvalue weighted by Gasteiger charge is -2.31. The zero-order valence-electron chi connectivity index (χ0n) is 17.4. The minimum absolute atomic E-state index is 0.155. The van der Waals surface area contributed by atoms with Crippen LogP contribution in [0.3, 0.4) is 0 Å². The summed E-state index contributed by atoms with van der Waals surface area (Å²) in [6.07, 6.45) is 3.99. The van der Waals surface area contributed by atoms with Crippen molar-refractivity contribution in [3.8, 4) is 0 Å². The Hall–Kier alpha value is -2.66. The molecule has 9 nitrogen and oxygen atoms in total. The van der Waals surface area contributed by atoms with Crippen LogP contribution in [0.4, 0.5) is 5.95 Å². The Morgan fingerprint density at radius 1 is 1.29 bits per heavy atom. The summed E-state index contributed by atoms with van der Waals surface area (Å²) in [5.41, 5.74) is 0.545. The fourth-order valence-corrected chi connectivity index (χ4v) is 5.54. The van der Waals surface area contributed by atoms with Crippen molar-refractivity contribution in [2.75, 3.05) is 18.0 Å². The Morgan fingerprint density at radius 2 is 2.13 bits per heavy atom. The Kier molecular flexibility index (Phi) is 5.53. The highest BCUT2D eigenvalue weighted by Crippen LogP contribution is 2.29. The van der Waals surface area contributed by atoms with E-state index in [9.17, 15) is 4.79 Å². The first kappa shape index (κ1) is 20.3. The van der Waals surface area contributed by atoms with Crippen LogP contribution in [0.5, 0.6) is 0 Å². The molecule has 0 radical (unpaired) electrons. The molecule has 0 spiro atoms. The van der Waals surface area contributed by atoms with Gasteiger partial charge in [-0.05, 0) is 37.8 Å². The molecule has 1 aliphatic heterocycles. The SMILES string of the molecule is Cc1cc(=O)n2nc(CSc3nnc(N4CCC(C)CC4)n3Cc3ccco3)sc2n1. The van der Waals surface area contributed by atoms with E-state index in [2.05, 4.69) is 36.7 Å². The molecule has 1 fully saturated rings. The first-order valence-electron chi connectivity index (χ1n) is 10.3. The van der Waals surface area contributed by atoms with Crippen LogP contribution in [-0.4, -0.2) is 42.5 Å². The van der Waals surface area contributed by atoms with E-state index in [1.54, 1.807) is 18.0 Å². The van der Waals surface area contributed by atoms with Gasteiger partial charge in [0.25, 0.3) is 5.56 Å². The van der Waals surface area contributed by atoms with Crippen molar-refractivity contribution in [2.45, 2.75) is 44.1 Å². The summed E-state index contributed by atoms with van der Waals surface area (Å²) in [6.45, 7) is 6.65. The van der Waals surface area contributed by atoms with E-state index in [0.717, 1.165) is 53.7 Å². The van der Waals surface area contributed by atoms with Crippen LogP contribution in [0.1, 0.15) is 36.2 Å². The van der Waals surface area contributed by atoms with Crippen molar-refractivity contribution in [3.63, 3.8) is 0 Å². The van der Waals surface area contributed by atoms with Crippen molar-refractivity contribution < 1.29 is 4.42 Å². The zero-order chi connectivity index (χ0) is 21.4. The van der Waals surface area contributed by atoms with Crippen molar-refractivity contribution in [1.29, 1.82) is 0 Å². The van der Waals surface area contributed by atoms with Gasteiger partial charge in [0, 0.05) is 24.8 Å². The highest BCUT2D eigenvalue weighted by Gasteiger charge is 2.23. The van der Waals surface area contributed by atoms with Gasteiger partial charge in [-0.15, -0.1) is 10.2 Å².